The summed E-state index contributed by atoms with van der Waals surface area (Å²) in [5.41, 5.74) is 1.98. The molecule has 112 valence electrons. The molecule has 1 unspecified atom stereocenters. The van der Waals surface area contributed by atoms with Crippen molar-refractivity contribution in [2.24, 2.45) is 0 Å². The van der Waals surface area contributed by atoms with E-state index >= 15 is 0 Å². The molecule has 1 rings (SSSR count). The third-order valence-corrected chi connectivity index (χ3v) is 2.74. The number of aryl methyl sites for hydroxylation is 1. The molecule has 3 N–H and O–H groups in total. The summed E-state index contributed by atoms with van der Waals surface area (Å²) in [6.45, 7) is 5.59. The SMILES string of the molecule is CCNC(=O)C(C)NC(=O)c1cc(C)cc(C#CCO)c1. The van der Waals surface area contributed by atoms with Gasteiger partial charge in [-0.05, 0) is 44.5 Å². The van der Waals surface area contributed by atoms with Gasteiger partial charge in [0, 0.05) is 17.7 Å². The Hall–Kier alpha value is -2.32. The predicted octanol–water partition coefficient (Wildman–Crippen LogP) is 0.593. The van der Waals surface area contributed by atoms with Crippen LogP contribution in [-0.2, 0) is 4.79 Å². The summed E-state index contributed by atoms with van der Waals surface area (Å²) in [5, 5.41) is 14.0. The van der Waals surface area contributed by atoms with Gasteiger partial charge in [0.2, 0.25) is 5.91 Å². The lowest BCUT2D eigenvalue weighted by atomic mass is 10.1. The molecule has 0 spiro atoms. The van der Waals surface area contributed by atoms with Crippen LogP contribution in [0.15, 0.2) is 18.2 Å². The number of rotatable bonds is 4. The molecular weight excluding hydrogens is 268 g/mol. The lowest BCUT2D eigenvalue weighted by Gasteiger charge is -2.13. The number of likely N-dealkylation sites (N-methyl/N-ethyl adjacent to an activating group) is 1. The predicted molar refractivity (Wildman–Crippen MR) is 80.8 cm³/mol. The Morgan fingerprint density at radius 3 is 2.67 bits per heavy atom. The van der Waals surface area contributed by atoms with Crippen molar-refractivity contribution in [2.75, 3.05) is 13.2 Å². The number of hydrogen-bond donors (Lipinski definition) is 3. The molecule has 0 heterocycles. The van der Waals surface area contributed by atoms with Crippen molar-refractivity contribution in [3.63, 3.8) is 0 Å². The molecule has 21 heavy (non-hydrogen) atoms. The van der Waals surface area contributed by atoms with Gasteiger partial charge in [0.1, 0.15) is 12.6 Å². The highest BCUT2D eigenvalue weighted by Crippen LogP contribution is 2.09. The lowest BCUT2D eigenvalue weighted by Crippen LogP contribution is -2.44. The van der Waals surface area contributed by atoms with Crippen LogP contribution in [0.4, 0.5) is 0 Å². The Bertz CT molecular complexity index is 585. The highest BCUT2D eigenvalue weighted by Gasteiger charge is 2.16. The molecule has 0 bridgehead atoms. The quantitative estimate of drug-likeness (QED) is 0.710. The molecule has 1 atom stereocenters. The summed E-state index contributed by atoms with van der Waals surface area (Å²) < 4.78 is 0. The molecular formula is C16H20N2O3. The third-order valence-electron chi connectivity index (χ3n) is 2.74. The maximum atomic E-state index is 12.2. The lowest BCUT2D eigenvalue weighted by molar-refractivity contribution is -0.122. The Labute approximate surface area is 124 Å². The first kappa shape index (κ1) is 16.7. The van der Waals surface area contributed by atoms with E-state index in [-0.39, 0.29) is 18.4 Å². The second-order valence-corrected chi connectivity index (χ2v) is 4.64. The summed E-state index contributed by atoms with van der Waals surface area (Å²) in [7, 11) is 0. The maximum Gasteiger partial charge on any atom is 0.251 e. The summed E-state index contributed by atoms with van der Waals surface area (Å²) in [6, 6.07) is 4.58. The smallest absolute Gasteiger partial charge is 0.251 e. The number of hydrogen-bond acceptors (Lipinski definition) is 3. The topological polar surface area (TPSA) is 78.4 Å². The Balaban J connectivity index is 2.87. The number of carbonyl (C=O) groups is 2. The molecule has 0 saturated carbocycles. The molecule has 5 heteroatoms. The Morgan fingerprint density at radius 1 is 1.33 bits per heavy atom. The van der Waals surface area contributed by atoms with E-state index in [4.69, 9.17) is 5.11 Å². The first-order chi connectivity index (χ1) is 9.97. The molecule has 1 aromatic carbocycles. The fourth-order valence-corrected chi connectivity index (χ4v) is 1.80. The van der Waals surface area contributed by atoms with E-state index in [9.17, 15) is 9.59 Å². The van der Waals surface area contributed by atoms with E-state index < -0.39 is 6.04 Å². The first-order valence-electron chi connectivity index (χ1n) is 6.78. The van der Waals surface area contributed by atoms with Crippen molar-refractivity contribution in [3.05, 3.63) is 34.9 Å². The average molecular weight is 288 g/mol. The largest absolute Gasteiger partial charge is 0.384 e. The Kier molecular flexibility index (Phi) is 6.44. The number of nitrogens with one attached hydrogen (secondary N) is 2. The zero-order valence-corrected chi connectivity index (χ0v) is 12.5. The van der Waals surface area contributed by atoms with Gasteiger partial charge in [0.25, 0.3) is 5.91 Å². The average Bonchev–Trinajstić information content (AvgIpc) is 2.44. The summed E-state index contributed by atoms with van der Waals surface area (Å²) in [5.74, 6) is 4.76. The molecule has 1 aromatic rings. The fourth-order valence-electron chi connectivity index (χ4n) is 1.80. The summed E-state index contributed by atoms with van der Waals surface area (Å²) >= 11 is 0. The molecule has 0 aliphatic heterocycles. The van der Waals surface area contributed by atoms with Crippen molar-refractivity contribution in [1.29, 1.82) is 0 Å². The molecule has 0 fully saturated rings. The normalized spacial score (nSPS) is 11.0. The second-order valence-electron chi connectivity index (χ2n) is 4.64. The molecule has 0 saturated heterocycles. The first-order valence-corrected chi connectivity index (χ1v) is 6.78. The minimum absolute atomic E-state index is 0.223. The number of carbonyl (C=O) groups excluding carboxylic acids is 2. The van der Waals surface area contributed by atoms with Gasteiger partial charge in [-0.1, -0.05) is 11.8 Å². The van der Waals surface area contributed by atoms with E-state index in [1.165, 1.54) is 0 Å². The van der Waals surface area contributed by atoms with Crippen LogP contribution in [0.25, 0.3) is 0 Å². The van der Waals surface area contributed by atoms with Crippen molar-refractivity contribution in [3.8, 4) is 11.8 Å². The van der Waals surface area contributed by atoms with Crippen LogP contribution in [0.5, 0.6) is 0 Å². The van der Waals surface area contributed by atoms with Gasteiger partial charge >= 0.3 is 0 Å². The minimum Gasteiger partial charge on any atom is -0.384 e. The van der Waals surface area contributed by atoms with Crippen molar-refractivity contribution >= 4 is 11.8 Å². The van der Waals surface area contributed by atoms with Crippen LogP contribution in [0.3, 0.4) is 0 Å². The number of amides is 2. The molecule has 0 radical (unpaired) electrons. The maximum absolute atomic E-state index is 12.2. The van der Waals surface area contributed by atoms with E-state index in [0.717, 1.165) is 5.56 Å². The molecule has 2 amide bonds. The van der Waals surface area contributed by atoms with Crippen LogP contribution in [-0.4, -0.2) is 36.1 Å². The van der Waals surface area contributed by atoms with Crippen LogP contribution in [0.1, 0.15) is 35.3 Å². The van der Waals surface area contributed by atoms with Crippen molar-refractivity contribution in [1.82, 2.24) is 10.6 Å². The van der Waals surface area contributed by atoms with Crippen molar-refractivity contribution in [2.45, 2.75) is 26.8 Å². The number of benzene rings is 1. The molecule has 0 aliphatic carbocycles. The number of aliphatic hydroxyl groups is 1. The van der Waals surface area contributed by atoms with Gasteiger partial charge in [-0.25, -0.2) is 0 Å². The zero-order valence-electron chi connectivity index (χ0n) is 12.5. The van der Waals surface area contributed by atoms with E-state index in [2.05, 4.69) is 22.5 Å². The molecule has 0 aliphatic rings. The van der Waals surface area contributed by atoms with Crippen LogP contribution in [0, 0.1) is 18.8 Å². The van der Waals surface area contributed by atoms with Gasteiger partial charge in [-0.3, -0.25) is 9.59 Å². The molecule has 5 nitrogen and oxygen atoms in total. The zero-order chi connectivity index (χ0) is 15.8. The van der Waals surface area contributed by atoms with Gasteiger partial charge < -0.3 is 15.7 Å². The highest BCUT2D eigenvalue weighted by molar-refractivity contribution is 5.97. The van der Waals surface area contributed by atoms with Gasteiger partial charge in [0.15, 0.2) is 0 Å². The van der Waals surface area contributed by atoms with E-state index in [1.54, 1.807) is 19.1 Å². The monoisotopic (exact) mass is 288 g/mol. The summed E-state index contributed by atoms with van der Waals surface area (Å²) in [4.78, 5) is 23.8. The second kappa shape index (κ2) is 8.08. The minimum atomic E-state index is -0.607. The number of aliphatic hydroxyl groups excluding tert-OH is 1. The van der Waals surface area contributed by atoms with Gasteiger partial charge in [-0.15, -0.1) is 0 Å². The third kappa shape index (κ3) is 5.28. The molecule has 0 aromatic heterocycles. The standard InChI is InChI=1S/C16H20N2O3/c1-4-17-15(20)12(3)18-16(21)14-9-11(2)8-13(10-14)6-5-7-19/h8-10,12,19H,4,7H2,1-3H3,(H,17,20)(H,18,21). The summed E-state index contributed by atoms with van der Waals surface area (Å²) in [6.07, 6.45) is 0. The van der Waals surface area contributed by atoms with Crippen molar-refractivity contribution < 1.29 is 14.7 Å². The van der Waals surface area contributed by atoms with E-state index in [0.29, 0.717) is 17.7 Å². The fraction of sp³-hybridized carbons (Fsp3) is 0.375. The van der Waals surface area contributed by atoms with Crippen LogP contribution >= 0.6 is 0 Å². The van der Waals surface area contributed by atoms with Gasteiger partial charge in [0.05, 0.1) is 0 Å². The van der Waals surface area contributed by atoms with Crippen LogP contribution in [0.2, 0.25) is 0 Å². The highest BCUT2D eigenvalue weighted by atomic mass is 16.2. The van der Waals surface area contributed by atoms with E-state index in [1.807, 2.05) is 19.9 Å². The van der Waals surface area contributed by atoms with Crippen LogP contribution < -0.4 is 10.6 Å². The Morgan fingerprint density at radius 2 is 2.05 bits per heavy atom. The van der Waals surface area contributed by atoms with Gasteiger partial charge in [-0.2, -0.15) is 0 Å².